The zero-order valence-electron chi connectivity index (χ0n) is 17.7. The second kappa shape index (κ2) is 9.15. The summed E-state index contributed by atoms with van der Waals surface area (Å²) >= 11 is 2.50. The molecule has 0 bridgehead atoms. The van der Waals surface area contributed by atoms with Crippen LogP contribution < -0.4 is 10.5 Å². The van der Waals surface area contributed by atoms with E-state index >= 15 is 0 Å². The number of thiazole rings is 1. The van der Waals surface area contributed by atoms with Gasteiger partial charge in [-0.2, -0.15) is 0 Å². The van der Waals surface area contributed by atoms with Crippen molar-refractivity contribution in [3.63, 3.8) is 0 Å². The second-order valence-corrected chi connectivity index (χ2v) is 11.6. The van der Waals surface area contributed by atoms with Crippen LogP contribution in [0.5, 0.6) is 0 Å². The highest BCUT2D eigenvalue weighted by molar-refractivity contribution is 7.94. The Morgan fingerprint density at radius 3 is 2.53 bits per heavy atom. The average Bonchev–Trinajstić information content (AvgIpc) is 3.44. The number of hydrogen-bond donors (Lipinski definition) is 2. The van der Waals surface area contributed by atoms with Crippen LogP contribution in [0.1, 0.15) is 31.9 Å². The molecule has 1 saturated carbocycles. The molecular weight excluding hydrogens is 458 g/mol. The molecule has 4 rings (SSSR count). The van der Waals surface area contributed by atoms with Crippen molar-refractivity contribution in [3.8, 4) is 10.4 Å². The lowest BCUT2D eigenvalue weighted by Crippen LogP contribution is -2.47. The molecule has 8 heteroatoms. The third-order valence-electron chi connectivity index (χ3n) is 5.57. The first kappa shape index (κ1) is 22.7. The van der Waals surface area contributed by atoms with Crippen molar-refractivity contribution in [2.24, 2.45) is 5.73 Å². The molecule has 166 valence electrons. The number of sulfonamides is 1. The maximum absolute atomic E-state index is 12.7. The van der Waals surface area contributed by atoms with Gasteiger partial charge in [-0.15, -0.1) is 11.3 Å². The number of hydrogen-bond acceptors (Lipinski definition) is 6. The average molecular weight is 484 g/mol. The fourth-order valence-electron chi connectivity index (χ4n) is 3.58. The molecule has 5 nitrogen and oxygen atoms in total. The molecule has 1 aliphatic rings. The standard InChI is InChI=1S/C24H25N3O2S3/c1-3-19(24(25)14-8-15-24)13-12-17(2)21-22(18-9-5-4-6-10-18)31-23(26-21)27-32(28,29)20-11-7-16-30-20/h3-7,9-13,16H,1,8,14-15,25H2,2H3,(H,26,27)/b17-12+,19-13+. The summed E-state index contributed by atoms with van der Waals surface area (Å²) in [5.74, 6) is 0. The lowest BCUT2D eigenvalue weighted by atomic mass is 9.72. The molecule has 2 heterocycles. The maximum Gasteiger partial charge on any atom is 0.273 e. The van der Waals surface area contributed by atoms with Gasteiger partial charge >= 0.3 is 0 Å². The fraction of sp³-hybridized carbons (Fsp3) is 0.208. The van der Waals surface area contributed by atoms with Crippen LogP contribution in [0.4, 0.5) is 5.13 Å². The lowest BCUT2D eigenvalue weighted by Gasteiger charge is -2.39. The van der Waals surface area contributed by atoms with E-state index in [0.29, 0.717) is 5.13 Å². The minimum atomic E-state index is -3.67. The minimum absolute atomic E-state index is 0.259. The van der Waals surface area contributed by atoms with E-state index in [1.165, 1.54) is 22.7 Å². The van der Waals surface area contributed by atoms with Crippen LogP contribution in [-0.4, -0.2) is 18.9 Å². The number of benzene rings is 1. The van der Waals surface area contributed by atoms with Crippen molar-refractivity contribution in [1.82, 2.24) is 4.98 Å². The summed E-state index contributed by atoms with van der Waals surface area (Å²) in [5.41, 5.74) is 9.82. The first-order valence-electron chi connectivity index (χ1n) is 10.3. The topological polar surface area (TPSA) is 85.1 Å². The summed E-state index contributed by atoms with van der Waals surface area (Å²) in [7, 11) is -3.67. The van der Waals surface area contributed by atoms with Crippen molar-refractivity contribution >= 4 is 43.4 Å². The van der Waals surface area contributed by atoms with Crippen LogP contribution in [0.25, 0.3) is 16.0 Å². The summed E-state index contributed by atoms with van der Waals surface area (Å²) in [4.78, 5) is 5.57. The Labute approximate surface area is 197 Å². The Bertz CT molecular complexity index is 1270. The van der Waals surface area contributed by atoms with Crippen LogP contribution >= 0.6 is 22.7 Å². The zero-order chi connectivity index (χ0) is 22.8. The van der Waals surface area contributed by atoms with Crippen molar-refractivity contribution in [2.45, 2.75) is 35.9 Å². The van der Waals surface area contributed by atoms with Crippen LogP contribution in [0, 0.1) is 0 Å². The number of rotatable bonds is 8. The first-order chi connectivity index (χ1) is 15.3. The number of nitrogens with zero attached hydrogens (tertiary/aromatic N) is 1. The molecule has 0 unspecified atom stereocenters. The predicted molar refractivity (Wildman–Crippen MR) is 135 cm³/mol. The van der Waals surface area contributed by atoms with Gasteiger partial charge in [0.05, 0.1) is 10.6 Å². The van der Waals surface area contributed by atoms with Gasteiger partial charge in [0.15, 0.2) is 5.13 Å². The number of nitrogens with two attached hydrogens (primary N) is 1. The molecule has 0 aliphatic heterocycles. The summed E-state index contributed by atoms with van der Waals surface area (Å²) in [5, 5.41) is 2.07. The second-order valence-electron chi connectivity index (χ2n) is 7.79. The van der Waals surface area contributed by atoms with Gasteiger partial charge in [-0.3, -0.25) is 4.72 Å². The lowest BCUT2D eigenvalue weighted by molar-refractivity contribution is 0.304. The smallest absolute Gasteiger partial charge is 0.273 e. The van der Waals surface area contributed by atoms with Gasteiger partial charge in [0.1, 0.15) is 4.21 Å². The molecule has 1 aliphatic carbocycles. The molecule has 0 spiro atoms. The van der Waals surface area contributed by atoms with E-state index in [1.807, 2.05) is 55.5 Å². The molecule has 1 fully saturated rings. The Hall–Kier alpha value is -2.52. The van der Waals surface area contributed by atoms with Crippen molar-refractivity contribution in [3.05, 3.63) is 83.9 Å². The van der Waals surface area contributed by atoms with E-state index in [0.717, 1.165) is 46.5 Å². The Morgan fingerprint density at radius 2 is 1.94 bits per heavy atom. The van der Waals surface area contributed by atoms with Crippen molar-refractivity contribution in [2.75, 3.05) is 4.72 Å². The first-order valence-corrected chi connectivity index (χ1v) is 13.4. The third kappa shape index (κ3) is 4.63. The minimum Gasteiger partial charge on any atom is -0.321 e. The monoisotopic (exact) mass is 483 g/mol. The van der Waals surface area contributed by atoms with Crippen LogP contribution in [-0.2, 0) is 10.0 Å². The quantitative estimate of drug-likeness (QED) is 0.381. The largest absolute Gasteiger partial charge is 0.321 e. The van der Waals surface area contributed by atoms with Gasteiger partial charge in [-0.25, -0.2) is 13.4 Å². The number of nitrogens with one attached hydrogen (secondary N) is 1. The zero-order valence-corrected chi connectivity index (χ0v) is 20.2. The predicted octanol–water partition coefficient (Wildman–Crippen LogP) is 6.07. The van der Waals surface area contributed by atoms with E-state index in [2.05, 4.69) is 16.3 Å². The van der Waals surface area contributed by atoms with E-state index in [1.54, 1.807) is 17.5 Å². The van der Waals surface area contributed by atoms with Gasteiger partial charge in [0.25, 0.3) is 10.0 Å². The van der Waals surface area contributed by atoms with E-state index in [4.69, 9.17) is 5.73 Å². The van der Waals surface area contributed by atoms with Crippen LogP contribution in [0.2, 0.25) is 0 Å². The van der Waals surface area contributed by atoms with Crippen LogP contribution in [0.3, 0.4) is 0 Å². The van der Waals surface area contributed by atoms with Gasteiger partial charge in [0.2, 0.25) is 0 Å². The van der Waals surface area contributed by atoms with Crippen molar-refractivity contribution in [1.29, 1.82) is 0 Å². The van der Waals surface area contributed by atoms with Crippen LogP contribution in [0.15, 0.2) is 82.4 Å². The maximum atomic E-state index is 12.7. The molecule has 0 amide bonds. The SMILES string of the molecule is C=C/C(=C\C=C(/C)c1nc(NS(=O)(=O)c2cccs2)sc1-c1ccccc1)C1(N)CCC1. The highest BCUT2D eigenvalue weighted by atomic mass is 32.2. The highest BCUT2D eigenvalue weighted by Crippen LogP contribution is 2.39. The Morgan fingerprint density at radius 1 is 1.19 bits per heavy atom. The van der Waals surface area contributed by atoms with Gasteiger partial charge in [0, 0.05) is 5.54 Å². The number of allylic oxidation sites excluding steroid dienone is 3. The molecule has 3 N–H and O–H groups in total. The van der Waals surface area contributed by atoms with Gasteiger partial charge in [-0.05, 0) is 54.3 Å². The summed E-state index contributed by atoms with van der Waals surface area (Å²) in [6.07, 6.45) is 8.86. The number of thiophene rings is 1. The molecular formula is C24H25N3O2S3. The summed E-state index contributed by atoms with van der Waals surface area (Å²) in [6.45, 7) is 5.90. The van der Waals surface area contributed by atoms with Gasteiger partial charge in [-0.1, -0.05) is 72.5 Å². The summed E-state index contributed by atoms with van der Waals surface area (Å²) in [6, 6.07) is 13.1. The molecule has 1 aromatic carbocycles. The Balaban J connectivity index is 1.72. The van der Waals surface area contributed by atoms with E-state index < -0.39 is 10.0 Å². The number of anilines is 1. The Kier molecular flexibility index (Phi) is 6.48. The molecule has 0 saturated heterocycles. The third-order valence-corrected chi connectivity index (χ3v) is 9.46. The molecule has 3 aromatic rings. The molecule has 0 radical (unpaired) electrons. The van der Waals surface area contributed by atoms with E-state index in [9.17, 15) is 8.42 Å². The molecule has 32 heavy (non-hydrogen) atoms. The van der Waals surface area contributed by atoms with E-state index in [-0.39, 0.29) is 9.75 Å². The van der Waals surface area contributed by atoms with Crippen molar-refractivity contribution < 1.29 is 8.42 Å². The fourth-order valence-corrected chi connectivity index (χ4v) is 6.84. The summed E-state index contributed by atoms with van der Waals surface area (Å²) < 4.78 is 28.3. The normalized spacial score (nSPS) is 16.4. The molecule has 2 aromatic heterocycles. The van der Waals surface area contributed by atoms with Gasteiger partial charge < -0.3 is 5.73 Å². The molecule has 0 atom stereocenters. The number of aromatic nitrogens is 1. The highest BCUT2D eigenvalue weighted by Gasteiger charge is 2.34.